The molecular weight excluding hydrogens is 324 g/mol. The van der Waals surface area contributed by atoms with E-state index in [1.165, 1.54) is 0 Å². The largest absolute Gasteiger partial charge is 0.363 e. The highest BCUT2D eigenvalue weighted by molar-refractivity contribution is 8.00. The molecule has 3 fully saturated rings. The Morgan fingerprint density at radius 1 is 1.21 bits per heavy atom. The van der Waals surface area contributed by atoms with Gasteiger partial charge >= 0.3 is 0 Å². The molecule has 1 aromatic rings. The number of thioether (sulfide) groups is 1. The Morgan fingerprint density at radius 3 is 2.62 bits per heavy atom. The first-order chi connectivity index (χ1) is 11.7. The van der Waals surface area contributed by atoms with Crippen molar-refractivity contribution in [2.24, 2.45) is 5.92 Å². The van der Waals surface area contributed by atoms with Crippen molar-refractivity contribution in [3.63, 3.8) is 0 Å². The van der Waals surface area contributed by atoms with Crippen molar-refractivity contribution in [2.45, 2.75) is 24.2 Å². The fraction of sp³-hybridized carbons (Fsp3) is 0.556. The van der Waals surface area contributed by atoms with Gasteiger partial charge in [0, 0.05) is 50.3 Å². The summed E-state index contributed by atoms with van der Waals surface area (Å²) < 4.78 is 5.89. The van der Waals surface area contributed by atoms with E-state index in [0.717, 1.165) is 44.0 Å². The van der Waals surface area contributed by atoms with E-state index in [9.17, 15) is 9.59 Å². The maximum atomic E-state index is 12.8. The van der Waals surface area contributed by atoms with Crippen LogP contribution in [0.2, 0.25) is 0 Å². The van der Waals surface area contributed by atoms with Crippen LogP contribution in [0.5, 0.6) is 0 Å². The van der Waals surface area contributed by atoms with E-state index in [4.69, 9.17) is 4.74 Å². The van der Waals surface area contributed by atoms with Crippen molar-refractivity contribution in [1.82, 2.24) is 4.90 Å². The quantitative estimate of drug-likeness (QED) is 0.823. The summed E-state index contributed by atoms with van der Waals surface area (Å²) in [6, 6.07) is 9.61. The second kappa shape index (κ2) is 6.41. The third kappa shape index (κ3) is 2.93. The van der Waals surface area contributed by atoms with Crippen LogP contribution in [0.3, 0.4) is 0 Å². The molecule has 6 heteroatoms. The number of carbonyl (C=O) groups excluding carboxylic acids is 2. The maximum Gasteiger partial charge on any atom is 0.228 e. The van der Waals surface area contributed by atoms with E-state index < -0.39 is 0 Å². The molecule has 0 saturated carbocycles. The summed E-state index contributed by atoms with van der Waals surface area (Å²) in [5.41, 5.74) is 0.881. The van der Waals surface area contributed by atoms with Gasteiger partial charge in [-0.3, -0.25) is 9.59 Å². The van der Waals surface area contributed by atoms with Gasteiger partial charge in [0.2, 0.25) is 11.8 Å². The van der Waals surface area contributed by atoms with E-state index in [-0.39, 0.29) is 22.7 Å². The van der Waals surface area contributed by atoms with Crippen LogP contribution in [0.1, 0.15) is 19.3 Å². The van der Waals surface area contributed by atoms with Gasteiger partial charge in [-0.2, -0.15) is 0 Å². The lowest BCUT2D eigenvalue weighted by molar-refractivity contribution is -0.138. The van der Waals surface area contributed by atoms with Gasteiger partial charge in [0.15, 0.2) is 0 Å². The minimum absolute atomic E-state index is 0.0442. The fourth-order valence-corrected chi connectivity index (χ4v) is 5.02. The van der Waals surface area contributed by atoms with Crippen LogP contribution in [0, 0.1) is 5.92 Å². The van der Waals surface area contributed by atoms with Gasteiger partial charge in [0.05, 0.1) is 12.5 Å². The number of benzene rings is 1. The van der Waals surface area contributed by atoms with Gasteiger partial charge in [0.1, 0.15) is 4.93 Å². The lowest BCUT2D eigenvalue weighted by Gasteiger charge is -2.38. The number of nitrogens with zero attached hydrogens (tertiary/aromatic N) is 2. The molecule has 0 N–H and O–H groups in total. The van der Waals surface area contributed by atoms with E-state index in [2.05, 4.69) is 0 Å². The smallest absolute Gasteiger partial charge is 0.228 e. The van der Waals surface area contributed by atoms with Crippen LogP contribution in [0.15, 0.2) is 30.3 Å². The van der Waals surface area contributed by atoms with Gasteiger partial charge in [-0.05, 0) is 12.1 Å². The molecule has 0 bridgehead atoms. The lowest BCUT2D eigenvalue weighted by Crippen LogP contribution is -2.47. The Morgan fingerprint density at radius 2 is 1.96 bits per heavy atom. The van der Waals surface area contributed by atoms with E-state index >= 15 is 0 Å². The Kier molecular flexibility index (Phi) is 4.26. The molecule has 2 amide bonds. The molecule has 3 aliphatic rings. The molecule has 4 rings (SSSR count). The van der Waals surface area contributed by atoms with Crippen LogP contribution >= 0.6 is 11.8 Å². The van der Waals surface area contributed by atoms with Crippen molar-refractivity contribution in [3.05, 3.63) is 30.3 Å². The number of ether oxygens (including phenoxy) is 1. The molecule has 3 heterocycles. The average molecular weight is 346 g/mol. The number of carbonyl (C=O) groups is 2. The van der Waals surface area contributed by atoms with Crippen molar-refractivity contribution in [1.29, 1.82) is 0 Å². The van der Waals surface area contributed by atoms with Crippen LogP contribution in [-0.2, 0) is 14.3 Å². The van der Waals surface area contributed by atoms with Gasteiger partial charge in [-0.1, -0.05) is 18.2 Å². The molecular formula is C18H22N2O3S. The molecule has 5 nitrogen and oxygen atoms in total. The summed E-state index contributed by atoms with van der Waals surface area (Å²) >= 11 is 1.89. The second-order valence-electron chi connectivity index (χ2n) is 6.67. The first kappa shape index (κ1) is 16.0. The Bertz CT molecular complexity index is 620. The molecule has 0 aromatic heterocycles. The zero-order chi connectivity index (χ0) is 16.6. The normalized spacial score (nSPS) is 26.3. The average Bonchev–Trinajstić information content (AvgIpc) is 3.23. The second-order valence-corrected chi connectivity index (χ2v) is 8.11. The van der Waals surface area contributed by atoms with Crippen LogP contribution in [0.25, 0.3) is 0 Å². The van der Waals surface area contributed by atoms with E-state index in [1.807, 2.05) is 47.0 Å². The van der Waals surface area contributed by atoms with Crippen LogP contribution in [0.4, 0.5) is 5.69 Å². The monoisotopic (exact) mass is 346 g/mol. The van der Waals surface area contributed by atoms with Gasteiger partial charge in [-0.25, -0.2) is 0 Å². The highest BCUT2D eigenvalue weighted by Gasteiger charge is 2.43. The number of hydrogen-bond acceptors (Lipinski definition) is 4. The predicted molar refractivity (Wildman–Crippen MR) is 93.9 cm³/mol. The predicted octanol–water partition coefficient (Wildman–Crippen LogP) is 2.12. The summed E-state index contributed by atoms with van der Waals surface area (Å²) in [4.78, 5) is 28.7. The first-order valence-electron chi connectivity index (χ1n) is 8.59. The highest BCUT2D eigenvalue weighted by Crippen LogP contribution is 2.41. The number of rotatable bonds is 2. The zero-order valence-corrected chi connectivity index (χ0v) is 14.5. The summed E-state index contributed by atoms with van der Waals surface area (Å²) in [7, 11) is 0. The number of likely N-dealkylation sites (tertiary alicyclic amines) is 1. The maximum absolute atomic E-state index is 12.8. The Hall–Kier alpha value is -1.53. The topological polar surface area (TPSA) is 49.9 Å². The number of amides is 2. The molecule has 3 saturated heterocycles. The number of anilines is 1. The minimum Gasteiger partial charge on any atom is -0.363 e. The summed E-state index contributed by atoms with van der Waals surface area (Å²) in [6.45, 7) is 2.79. The zero-order valence-electron chi connectivity index (χ0n) is 13.6. The lowest BCUT2D eigenvalue weighted by atomic mass is 10.0. The Labute approximate surface area is 146 Å². The molecule has 1 atom stereocenters. The van der Waals surface area contributed by atoms with Crippen molar-refractivity contribution >= 4 is 29.3 Å². The van der Waals surface area contributed by atoms with Gasteiger partial charge in [-0.15, -0.1) is 11.8 Å². The molecule has 128 valence electrons. The Balaban J connectivity index is 1.38. The van der Waals surface area contributed by atoms with E-state index in [0.29, 0.717) is 13.0 Å². The molecule has 24 heavy (non-hydrogen) atoms. The van der Waals surface area contributed by atoms with Crippen molar-refractivity contribution in [3.8, 4) is 0 Å². The van der Waals surface area contributed by atoms with Gasteiger partial charge in [0.25, 0.3) is 0 Å². The summed E-state index contributed by atoms with van der Waals surface area (Å²) in [6.07, 6.45) is 2.11. The third-order valence-electron chi connectivity index (χ3n) is 5.19. The van der Waals surface area contributed by atoms with Crippen LogP contribution in [-0.4, -0.2) is 53.6 Å². The molecule has 1 aromatic carbocycles. The summed E-state index contributed by atoms with van der Waals surface area (Å²) in [5, 5.41) is 0. The minimum atomic E-state index is -0.219. The van der Waals surface area contributed by atoms with Crippen LogP contribution < -0.4 is 4.90 Å². The van der Waals surface area contributed by atoms with Gasteiger partial charge < -0.3 is 14.5 Å². The van der Waals surface area contributed by atoms with E-state index in [1.54, 1.807) is 4.90 Å². The fourth-order valence-electron chi connectivity index (χ4n) is 3.84. The molecule has 1 unspecified atom stereocenters. The highest BCUT2D eigenvalue weighted by atomic mass is 32.2. The standard InChI is InChI=1S/C18H22N2O3S/c21-16-12-14(13-20(16)15-4-2-1-3-5-15)17(22)19-8-6-18(7-9-19)23-10-11-24-18/h1-5,14H,6-13H2. The van der Waals surface area contributed by atoms with Crippen molar-refractivity contribution < 1.29 is 14.3 Å². The molecule has 0 aliphatic carbocycles. The summed E-state index contributed by atoms with van der Waals surface area (Å²) in [5.74, 6) is 1.00. The van der Waals surface area contributed by atoms with Crippen molar-refractivity contribution in [2.75, 3.05) is 36.9 Å². The number of para-hydroxylation sites is 1. The molecule has 3 aliphatic heterocycles. The molecule has 1 spiro atoms. The SMILES string of the molecule is O=C(C1CC(=O)N(c2ccccc2)C1)N1CCC2(CC1)OCCS2. The molecule has 0 radical (unpaired) electrons. The number of hydrogen-bond donors (Lipinski definition) is 0. The third-order valence-corrected chi connectivity index (χ3v) is 6.62. The number of piperidine rings is 1. The first-order valence-corrected chi connectivity index (χ1v) is 9.58.